The Bertz CT molecular complexity index is 1000. The second kappa shape index (κ2) is 10.8. The van der Waals surface area contributed by atoms with E-state index in [1.54, 1.807) is 36.4 Å². The predicted molar refractivity (Wildman–Crippen MR) is 127 cm³/mol. The van der Waals surface area contributed by atoms with Gasteiger partial charge < -0.3 is 9.47 Å². The van der Waals surface area contributed by atoms with Crippen molar-refractivity contribution in [1.82, 2.24) is 0 Å². The Hall–Kier alpha value is -2.60. The van der Waals surface area contributed by atoms with Gasteiger partial charge in [-0.15, -0.1) is 6.58 Å². The maximum absolute atomic E-state index is 15.1. The molecule has 0 N–H and O–H groups in total. The Labute approximate surface area is 198 Å². The van der Waals surface area contributed by atoms with Gasteiger partial charge in [-0.3, -0.25) is 0 Å². The van der Waals surface area contributed by atoms with Crippen LogP contribution in [0.2, 0.25) is 0 Å². The van der Waals surface area contributed by atoms with Gasteiger partial charge >= 0.3 is 0 Å². The van der Waals surface area contributed by atoms with Crippen molar-refractivity contribution in [2.75, 3.05) is 13.7 Å². The van der Waals surface area contributed by atoms with Crippen molar-refractivity contribution in [3.63, 3.8) is 0 Å². The first-order chi connectivity index (χ1) is 16.4. The van der Waals surface area contributed by atoms with E-state index in [1.807, 2.05) is 6.08 Å². The molecule has 0 spiro atoms. The van der Waals surface area contributed by atoms with Crippen molar-refractivity contribution in [2.24, 2.45) is 5.92 Å². The molecule has 2 aliphatic carbocycles. The summed E-state index contributed by atoms with van der Waals surface area (Å²) in [5.41, 5.74) is 1.73. The number of alkyl halides is 4. The highest BCUT2D eigenvalue weighted by molar-refractivity contribution is 5.77. The van der Waals surface area contributed by atoms with Crippen LogP contribution in [0.1, 0.15) is 36.8 Å². The second-order valence-electron chi connectivity index (χ2n) is 9.00. The van der Waals surface area contributed by atoms with Gasteiger partial charge in [-0.25, -0.2) is 17.6 Å². The molecule has 6 atom stereocenters. The van der Waals surface area contributed by atoms with Crippen LogP contribution in [-0.2, 0) is 9.47 Å². The van der Waals surface area contributed by atoms with Gasteiger partial charge in [0.15, 0.2) is 24.7 Å². The minimum Gasteiger partial charge on any atom is -0.498 e. The third-order valence-electron chi connectivity index (χ3n) is 6.89. The number of halogens is 4. The number of methoxy groups -OCH3 is 1. The van der Waals surface area contributed by atoms with E-state index >= 15 is 8.78 Å². The molecule has 6 heteroatoms. The second-order valence-corrected chi connectivity index (χ2v) is 9.00. The highest BCUT2D eigenvalue weighted by Crippen LogP contribution is 2.38. The fourth-order valence-corrected chi connectivity index (χ4v) is 4.84. The third kappa shape index (κ3) is 4.92. The van der Waals surface area contributed by atoms with Crippen molar-refractivity contribution in [3.05, 3.63) is 83.7 Å². The highest BCUT2D eigenvalue weighted by atomic mass is 19.2. The summed E-state index contributed by atoms with van der Waals surface area (Å²) in [6.07, 6.45) is 3.75. The van der Waals surface area contributed by atoms with Crippen LogP contribution in [0.25, 0.3) is 11.1 Å². The number of ether oxygens (including phenoxy) is 2. The SMILES string of the molecule is C=CCCC1CCC(C2=CC=C(c3ccc(C4=CC=C(OC)C(F)C4F)cc3)C(F)C2F)OC1. The van der Waals surface area contributed by atoms with Crippen molar-refractivity contribution in [3.8, 4) is 0 Å². The minimum absolute atomic E-state index is 0.0636. The van der Waals surface area contributed by atoms with Crippen LogP contribution in [0, 0.1) is 5.92 Å². The first-order valence-electron chi connectivity index (χ1n) is 11.7. The Morgan fingerprint density at radius 2 is 1.50 bits per heavy atom. The maximum Gasteiger partial charge on any atom is 0.192 e. The molecule has 1 fully saturated rings. The van der Waals surface area contributed by atoms with E-state index in [0.717, 1.165) is 19.3 Å². The largest absolute Gasteiger partial charge is 0.498 e. The zero-order chi connectivity index (χ0) is 24.2. The van der Waals surface area contributed by atoms with Gasteiger partial charge in [0, 0.05) is 0 Å². The minimum atomic E-state index is -1.88. The molecule has 3 aliphatic rings. The van der Waals surface area contributed by atoms with Gasteiger partial charge in [-0.2, -0.15) is 0 Å². The van der Waals surface area contributed by atoms with Gasteiger partial charge in [0.2, 0.25) is 0 Å². The van der Waals surface area contributed by atoms with Crippen molar-refractivity contribution in [1.29, 1.82) is 0 Å². The van der Waals surface area contributed by atoms with Crippen LogP contribution in [-0.4, -0.2) is 44.5 Å². The van der Waals surface area contributed by atoms with Crippen molar-refractivity contribution in [2.45, 2.75) is 56.5 Å². The van der Waals surface area contributed by atoms with Gasteiger partial charge in [-0.05, 0) is 65.5 Å². The third-order valence-corrected chi connectivity index (χ3v) is 6.89. The van der Waals surface area contributed by atoms with Crippen LogP contribution < -0.4 is 0 Å². The van der Waals surface area contributed by atoms with Gasteiger partial charge in [0.05, 0.1) is 19.8 Å². The molecule has 6 unspecified atom stereocenters. The maximum atomic E-state index is 15.1. The Balaban J connectivity index is 1.48. The summed E-state index contributed by atoms with van der Waals surface area (Å²) in [5, 5.41) is 0. The monoisotopic (exact) mass is 474 g/mol. The molecule has 1 aromatic rings. The zero-order valence-electron chi connectivity index (χ0n) is 19.2. The zero-order valence-corrected chi connectivity index (χ0v) is 19.2. The van der Waals surface area contributed by atoms with Gasteiger partial charge in [0.25, 0.3) is 0 Å². The molecule has 34 heavy (non-hydrogen) atoms. The van der Waals surface area contributed by atoms with E-state index in [-0.39, 0.29) is 16.9 Å². The summed E-state index contributed by atoms with van der Waals surface area (Å²) >= 11 is 0. The number of rotatable bonds is 7. The van der Waals surface area contributed by atoms with E-state index in [1.165, 1.54) is 19.3 Å². The summed E-state index contributed by atoms with van der Waals surface area (Å²) in [5.74, 6) is 0.362. The van der Waals surface area contributed by atoms with E-state index < -0.39 is 30.8 Å². The Morgan fingerprint density at radius 1 is 0.882 bits per heavy atom. The first kappa shape index (κ1) is 24.5. The summed E-state index contributed by atoms with van der Waals surface area (Å²) in [4.78, 5) is 0. The van der Waals surface area contributed by atoms with Crippen LogP contribution >= 0.6 is 0 Å². The summed E-state index contributed by atoms with van der Waals surface area (Å²) < 4.78 is 69.7. The average Bonchev–Trinajstić information content (AvgIpc) is 2.87. The summed E-state index contributed by atoms with van der Waals surface area (Å²) in [6.45, 7) is 4.28. The lowest BCUT2D eigenvalue weighted by molar-refractivity contribution is -0.00636. The molecule has 0 saturated carbocycles. The molecule has 1 aromatic carbocycles. The van der Waals surface area contributed by atoms with Crippen molar-refractivity contribution < 1.29 is 27.0 Å². The lowest BCUT2D eigenvalue weighted by Crippen LogP contribution is -2.35. The van der Waals surface area contributed by atoms with E-state index in [4.69, 9.17) is 9.47 Å². The van der Waals surface area contributed by atoms with Crippen LogP contribution in [0.4, 0.5) is 17.6 Å². The Morgan fingerprint density at radius 3 is 2.06 bits per heavy atom. The van der Waals surface area contributed by atoms with Crippen molar-refractivity contribution >= 4 is 11.1 Å². The normalized spacial score (nSPS) is 31.7. The summed E-state index contributed by atoms with van der Waals surface area (Å²) in [6, 6.07) is 6.41. The molecule has 1 heterocycles. The molecule has 1 aliphatic heterocycles. The van der Waals surface area contributed by atoms with Crippen LogP contribution in [0.15, 0.2) is 72.6 Å². The van der Waals surface area contributed by atoms with Crippen LogP contribution in [0.3, 0.4) is 0 Å². The standard InChI is InChI=1S/C28H30F4O2/c1-3-4-5-17-6-14-23(34-16-17)22-12-11-20(25(29)27(22)31)18-7-9-19(10-8-18)21-13-15-24(33-2)28(32)26(21)30/h3,7-13,15,17,23,25-28H,1,4-6,14,16H2,2H3. The molecule has 182 valence electrons. The van der Waals surface area contributed by atoms with Gasteiger partial charge in [0.1, 0.15) is 5.76 Å². The lowest BCUT2D eigenvalue weighted by Gasteiger charge is -2.34. The average molecular weight is 475 g/mol. The Kier molecular flexibility index (Phi) is 7.77. The molecular weight excluding hydrogens is 444 g/mol. The molecule has 0 bridgehead atoms. The molecular formula is C28H30F4O2. The molecule has 0 radical (unpaired) electrons. The number of benzene rings is 1. The number of hydrogen-bond donors (Lipinski definition) is 0. The van der Waals surface area contributed by atoms with E-state index in [9.17, 15) is 8.78 Å². The quantitative estimate of drug-likeness (QED) is 0.311. The fourth-order valence-electron chi connectivity index (χ4n) is 4.84. The number of allylic oxidation sites excluding steroid dienone is 8. The molecule has 4 rings (SSSR count). The molecule has 2 nitrogen and oxygen atoms in total. The van der Waals surface area contributed by atoms with Crippen LogP contribution in [0.5, 0.6) is 0 Å². The smallest absolute Gasteiger partial charge is 0.192 e. The lowest BCUT2D eigenvalue weighted by atomic mass is 9.84. The first-order valence-corrected chi connectivity index (χ1v) is 11.7. The number of hydrogen-bond acceptors (Lipinski definition) is 2. The van der Waals surface area contributed by atoms with E-state index in [2.05, 4.69) is 6.58 Å². The molecule has 0 amide bonds. The predicted octanol–water partition coefficient (Wildman–Crippen LogP) is 7.05. The highest BCUT2D eigenvalue weighted by Gasteiger charge is 2.37. The molecule has 1 saturated heterocycles. The fraction of sp³-hybridized carbons (Fsp3) is 0.429. The topological polar surface area (TPSA) is 18.5 Å². The molecule has 0 aromatic heterocycles. The van der Waals surface area contributed by atoms with Gasteiger partial charge in [-0.1, -0.05) is 48.6 Å². The summed E-state index contributed by atoms with van der Waals surface area (Å²) in [7, 11) is 1.30. The van der Waals surface area contributed by atoms with E-state index in [0.29, 0.717) is 35.6 Å².